The number of H-pyrrole nitrogens is 1. The van der Waals surface area contributed by atoms with E-state index in [1.165, 1.54) is 23.4 Å². The summed E-state index contributed by atoms with van der Waals surface area (Å²) >= 11 is 1.35. The van der Waals surface area contributed by atoms with Gasteiger partial charge in [0.1, 0.15) is 17.0 Å². The van der Waals surface area contributed by atoms with Crippen LogP contribution in [0.25, 0.3) is 38.4 Å². The Labute approximate surface area is 186 Å². The highest BCUT2D eigenvalue weighted by Crippen LogP contribution is 2.37. The van der Waals surface area contributed by atoms with Crippen molar-refractivity contribution in [1.82, 2.24) is 19.6 Å². The van der Waals surface area contributed by atoms with Gasteiger partial charge in [0, 0.05) is 12.7 Å². The van der Waals surface area contributed by atoms with Gasteiger partial charge in [0.2, 0.25) is 0 Å². The predicted octanol–water partition coefficient (Wildman–Crippen LogP) is 4.62. The molecule has 5 rings (SSSR count). The van der Waals surface area contributed by atoms with Crippen LogP contribution in [-0.4, -0.2) is 39.2 Å². The third-order valence-electron chi connectivity index (χ3n) is 5.14. The number of halogens is 1. The molecule has 0 radical (unpaired) electrons. The lowest BCUT2D eigenvalue weighted by molar-refractivity contribution is 0.0512. The maximum atomic E-state index is 16.1. The third kappa shape index (κ3) is 3.30. The molecule has 5 aromatic rings. The summed E-state index contributed by atoms with van der Waals surface area (Å²) < 4.78 is 28.3. The first-order valence-electron chi connectivity index (χ1n) is 9.99. The fourth-order valence-corrected chi connectivity index (χ4v) is 4.45. The number of pyridine rings is 1. The zero-order valence-corrected chi connectivity index (χ0v) is 18.2. The van der Waals surface area contributed by atoms with Gasteiger partial charge in [-0.05, 0) is 34.7 Å². The zero-order chi connectivity index (χ0) is 22.2. The van der Waals surface area contributed by atoms with E-state index in [0.29, 0.717) is 27.7 Å². The molecular formula is C23H19FN4O3S. The van der Waals surface area contributed by atoms with Crippen LogP contribution in [-0.2, 0) is 4.74 Å². The molecule has 0 bridgehead atoms. The Hall–Kier alpha value is -3.43. The molecule has 0 aliphatic carbocycles. The van der Waals surface area contributed by atoms with Crippen molar-refractivity contribution in [1.29, 1.82) is 0 Å². The van der Waals surface area contributed by atoms with Gasteiger partial charge in [-0.3, -0.25) is 4.79 Å². The van der Waals surface area contributed by atoms with Crippen molar-refractivity contribution >= 4 is 39.0 Å². The van der Waals surface area contributed by atoms with Gasteiger partial charge < -0.3 is 14.5 Å². The molecule has 0 saturated heterocycles. The first kappa shape index (κ1) is 20.5. The average Bonchev–Trinajstić information content (AvgIpc) is 3.27. The smallest absolute Gasteiger partial charge is 0.261 e. The maximum Gasteiger partial charge on any atom is 0.261 e. The van der Waals surface area contributed by atoms with Crippen molar-refractivity contribution in [3.05, 3.63) is 64.8 Å². The van der Waals surface area contributed by atoms with Crippen LogP contribution in [0.15, 0.2) is 58.6 Å². The molecule has 7 nitrogen and oxygen atoms in total. The molecule has 1 N–H and O–H groups in total. The highest BCUT2D eigenvalue weighted by Gasteiger charge is 2.23. The normalized spacial score (nSPS) is 11.6. The second kappa shape index (κ2) is 8.25. The summed E-state index contributed by atoms with van der Waals surface area (Å²) in [5, 5.41) is 6.56. The van der Waals surface area contributed by atoms with Crippen molar-refractivity contribution < 1.29 is 13.9 Å². The standard InChI is InChI=1S/C23H19FN4O3S/c1-3-32-23-26-20-18(22(29)27-23)17-8-9-25-28(17)21(19(20)24)16-11-14(31-12-30-2)10-13-6-4-5-7-15(13)16/h4-11H,3,12H2,1-2H3,(H,26,27,29). The molecule has 0 atom stereocenters. The molecule has 0 aliphatic rings. The molecule has 0 amide bonds. The number of hydrogen-bond acceptors (Lipinski definition) is 6. The number of fused-ring (bicyclic) bond motifs is 4. The Kier molecular flexibility index (Phi) is 5.28. The van der Waals surface area contributed by atoms with Gasteiger partial charge in [-0.15, -0.1) is 0 Å². The summed E-state index contributed by atoms with van der Waals surface area (Å²) in [4.78, 5) is 20.0. The van der Waals surface area contributed by atoms with Crippen LogP contribution in [0.2, 0.25) is 0 Å². The van der Waals surface area contributed by atoms with E-state index in [-0.39, 0.29) is 23.4 Å². The number of hydrogen-bond donors (Lipinski definition) is 1. The number of nitrogens with one attached hydrogen (secondary N) is 1. The minimum absolute atomic E-state index is 0.0139. The Morgan fingerprint density at radius 3 is 2.88 bits per heavy atom. The second-order valence-corrected chi connectivity index (χ2v) is 8.31. The molecule has 9 heteroatoms. The summed E-state index contributed by atoms with van der Waals surface area (Å²) in [5.74, 6) is 0.609. The fourth-order valence-electron chi connectivity index (χ4n) is 3.85. The summed E-state index contributed by atoms with van der Waals surface area (Å²) in [5.41, 5.74) is 0.880. The van der Waals surface area contributed by atoms with E-state index in [2.05, 4.69) is 15.1 Å². The molecule has 0 spiro atoms. The quantitative estimate of drug-likeness (QED) is 0.231. The molecule has 162 valence electrons. The topological polar surface area (TPSA) is 81.5 Å². The molecule has 3 heterocycles. The predicted molar refractivity (Wildman–Crippen MR) is 123 cm³/mol. The number of benzene rings is 2. The van der Waals surface area contributed by atoms with Crippen molar-refractivity contribution in [2.45, 2.75) is 12.1 Å². The van der Waals surface area contributed by atoms with E-state index in [9.17, 15) is 4.79 Å². The van der Waals surface area contributed by atoms with Crippen LogP contribution in [0.5, 0.6) is 5.75 Å². The summed E-state index contributed by atoms with van der Waals surface area (Å²) in [6.45, 7) is 2.00. The zero-order valence-electron chi connectivity index (χ0n) is 17.4. The Bertz CT molecular complexity index is 1530. The van der Waals surface area contributed by atoms with E-state index in [0.717, 1.165) is 10.8 Å². The van der Waals surface area contributed by atoms with E-state index in [1.54, 1.807) is 18.3 Å². The van der Waals surface area contributed by atoms with Crippen LogP contribution >= 0.6 is 11.8 Å². The Balaban J connectivity index is 1.90. The average molecular weight is 450 g/mol. The molecule has 32 heavy (non-hydrogen) atoms. The summed E-state index contributed by atoms with van der Waals surface area (Å²) in [7, 11) is 1.54. The highest BCUT2D eigenvalue weighted by molar-refractivity contribution is 7.99. The van der Waals surface area contributed by atoms with E-state index < -0.39 is 11.4 Å². The summed E-state index contributed by atoms with van der Waals surface area (Å²) in [6, 6.07) is 12.9. The van der Waals surface area contributed by atoms with Gasteiger partial charge in [-0.1, -0.05) is 43.0 Å². The molecule has 3 aromatic heterocycles. The first-order chi connectivity index (χ1) is 15.6. The Morgan fingerprint density at radius 1 is 1.22 bits per heavy atom. The lowest BCUT2D eigenvalue weighted by Crippen LogP contribution is -2.13. The number of thioether (sulfide) groups is 1. The Morgan fingerprint density at radius 2 is 2.06 bits per heavy atom. The number of methoxy groups -OCH3 is 1. The van der Waals surface area contributed by atoms with Crippen LogP contribution in [0, 0.1) is 5.82 Å². The SMILES string of the molecule is CCSc1nc2c(F)c(-c3cc(OCOC)cc4ccccc34)n3nccc3c2c(=O)[nH]1. The minimum atomic E-state index is -0.616. The fraction of sp³-hybridized carbons (Fsp3) is 0.174. The van der Waals surface area contributed by atoms with Crippen molar-refractivity contribution in [2.75, 3.05) is 19.7 Å². The number of aromatic amines is 1. The van der Waals surface area contributed by atoms with Crippen molar-refractivity contribution in [3.63, 3.8) is 0 Å². The number of aromatic nitrogens is 4. The highest BCUT2D eigenvalue weighted by atomic mass is 32.2. The molecule has 2 aromatic carbocycles. The number of rotatable bonds is 6. The minimum Gasteiger partial charge on any atom is -0.468 e. The number of nitrogens with zero attached hydrogens (tertiary/aromatic N) is 3. The molecule has 0 unspecified atom stereocenters. The lowest BCUT2D eigenvalue weighted by Gasteiger charge is -2.15. The van der Waals surface area contributed by atoms with Gasteiger partial charge in [0.25, 0.3) is 5.56 Å². The molecular weight excluding hydrogens is 431 g/mol. The van der Waals surface area contributed by atoms with Crippen LogP contribution < -0.4 is 10.3 Å². The van der Waals surface area contributed by atoms with Crippen LogP contribution in [0.1, 0.15) is 6.92 Å². The van der Waals surface area contributed by atoms with Gasteiger partial charge in [0.05, 0.1) is 17.1 Å². The largest absolute Gasteiger partial charge is 0.468 e. The van der Waals surface area contributed by atoms with Crippen LogP contribution in [0.3, 0.4) is 0 Å². The second-order valence-electron chi connectivity index (χ2n) is 7.06. The van der Waals surface area contributed by atoms with E-state index in [1.807, 2.05) is 37.3 Å². The van der Waals surface area contributed by atoms with E-state index >= 15 is 4.39 Å². The summed E-state index contributed by atoms with van der Waals surface area (Å²) in [6.07, 6.45) is 1.54. The molecule has 0 fully saturated rings. The third-order valence-corrected chi connectivity index (χ3v) is 5.89. The van der Waals surface area contributed by atoms with Crippen molar-refractivity contribution in [3.8, 4) is 17.0 Å². The lowest BCUT2D eigenvalue weighted by atomic mass is 10.00. The number of ether oxygens (including phenoxy) is 2. The molecule has 0 saturated carbocycles. The first-order valence-corrected chi connectivity index (χ1v) is 11.0. The van der Waals surface area contributed by atoms with Crippen LogP contribution in [0.4, 0.5) is 4.39 Å². The van der Waals surface area contributed by atoms with Gasteiger partial charge in [-0.2, -0.15) is 5.10 Å². The van der Waals surface area contributed by atoms with Gasteiger partial charge >= 0.3 is 0 Å². The van der Waals surface area contributed by atoms with Gasteiger partial charge in [-0.25, -0.2) is 13.9 Å². The monoisotopic (exact) mass is 450 g/mol. The van der Waals surface area contributed by atoms with E-state index in [4.69, 9.17) is 9.47 Å². The van der Waals surface area contributed by atoms with Crippen molar-refractivity contribution in [2.24, 2.45) is 0 Å². The molecule has 0 aliphatic heterocycles. The van der Waals surface area contributed by atoms with Gasteiger partial charge in [0.15, 0.2) is 17.8 Å². The maximum absolute atomic E-state index is 16.1.